The molecule has 152 valence electrons. The molecular formula is C21H25N5O3. The number of ether oxygens (including phenoxy) is 1. The minimum Gasteiger partial charge on any atom is -0.508 e. The maximum atomic E-state index is 12.2. The number of carbonyl (C=O) groups is 1. The van der Waals surface area contributed by atoms with Gasteiger partial charge in [0, 0.05) is 11.1 Å². The summed E-state index contributed by atoms with van der Waals surface area (Å²) in [5.41, 5.74) is 20.5. The summed E-state index contributed by atoms with van der Waals surface area (Å²) in [5, 5.41) is 14.7. The van der Waals surface area contributed by atoms with Gasteiger partial charge in [0.15, 0.2) is 0 Å². The van der Waals surface area contributed by atoms with Gasteiger partial charge in [-0.15, -0.1) is 0 Å². The second kappa shape index (κ2) is 8.24. The van der Waals surface area contributed by atoms with Crippen LogP contribution in [-0.4, -0.2) is 33.9 Å². The van der Waals surface area contributed by atoms with E-state index in [1.54, 1.807) is 37.3 Å². The van der Waals surface area contributed by atoms with Crippen LogP contribution < -0.4 is 21.9 Å². The van der Waals surface area contributed by atoms with Gasteiger partial charge in [0.05, 0.1) is 12.3 Å². The van der Waals surface area contributed by atoms with Crippen molar-refractivity contribution in [1.29, 1.82) is 0 Å². The maximum absolute atomic E-state index is 12.2. The lowest BCUT2D eigenvalue weighted by Gasteiger charge is -2.12. The lowest BCUT2D eigenvalue weighted by molar-refractivity contribution is 0.100. The van der Waals surface area contributed by atoms with Crippen LogP contribution in [0.1, 0.15) is 27.9 Å². The Morgan fingerprint density at radius 2 is 2.00 bits per heavy atom. The number of primary amides is 1. The number of nitrogens with two attached hydrogens (primary N) is 3. The number of phenolic OH excluding ortho intramolecular Hbond substituents is 1. The Labute approximate surface area is 168 Å². The van der Waals surface area contributed by atoms with Crippen LogP contribution in [0.25, 0.3) is 16.9 Å². The Hall–Kier alpha value is -3.52. The number of carbonyl (C=O) groups excluding carboxylic acids is 1. The van der Waals surface area contributed by atoms with Gasteiger partial charge >= 0.3 is 0 Å². The molecule has 0 unspecified atom stereocenters. The molecule has 0 spiro atoms. The second-order valence-corrected chi connectivity index (χ2v) is 6.78. The van der Waals surface area contributed by atoms with E-state index in [9.17, 15) is 9.90 Å². The first-order valence-electron chi connectivity index (χ1n) is 9.26. The third-order valence-corrected chi connectivity index (χ3v) is 4.71. The molecule has 0 atom stereocenters. The van der Waals surface area contributed by atoms with Crippen molar-refractivity contribution >= 4 is 11.7 Å². The third kappa shape index (κ3) is 3.88. The number of phenols is 1. The van der Waals surface area contributed by atoms with Gasteiger partial charge in [-0.25, -0.2) is 4.68 Å². The molecule has 1 heterocycles. The van der Waals surface area contributed by atoms with Crippen LogP contribution in [0, 0.1) is 13.8 Å². The van der Waals surface area contributed by atoms with Crippen molar-refractivity contribution in [3.05, 3.63) is 53.1 Å². The van der Waals surface area contributed by atoms with Gasteiger partial charge in [-0.2, -0.15) is 5.10 Å². The summed E-state index contributed by atoms with van der Waals surface area (Å²) >= 11 is 0. The molecule has 1 aromatic heterocycles. The summed E-state index contributed by atoms with van der Waals surface area (Å²) in [6.07, 6.45) is 0.731. The number of aromatic nitrogens is 2. The number of rotatable bonds is 7. The molecule has 3 aromatic rings. The van der Waals surface area contributed by atoms with Crippen molar-refractivity contribution in [2.45, 2.75) is 20.3 Å². The first-order valence-corrected chi connectivity index (χ1v) is 9.26. The standard InChI is InChI=1S/C21H25N5O3/c1-12-7-8-16(27)13(2)19(12)26-20(23)17(21(24)28)18(25-26)14-5-3-6-15(11-14)29-10-4-9-22/h3,5-8,11,27H,4,9-10,22-23H2,1-2H3,(H2,24,28). The summed E-state index contributed by atoms with van der Waals surface area (Å²) in [6, 6.07) is 10.6. The number of aryl methyl sites for hydroxylation is 1. The number of nitrogens with zero attached hydrogens (tertiary/aromatic N) is 2. The predicted molar refractivity (Wildman–Crippen MR) is 112 cm³/mol. The highest BCUT2D eigenvalue weighted by molar-refractivity contribution is 6.03. The van der Waals surface area contributed by atoms with Crippen molar-refractivity contribution in [3.8, 4) is 28.4 Å². The van der Waals surface area contributed by atoms with E-state index in [1.807, 2.05) is 13.0 Å². The second-order valence-electron chi connectivity index (χ2n) is 6.78. The van der Waals surface area contributed by atoms with Crippen LogP contribution >= 0.6 is 0 Å². The summed E-state index contributed by atoms with van der Waals surface area (Å²) < 4.78 is 7.14. The predicted octanol–water partition coefficient (Wildman–Crippen LogP) is 2.27. The minimum atomic E-state index is -0.686. The zero-order chi connectivity index (χ0) is 21.1. The normalized spacial score (nSPS) is 10.9. The molecule has 3 rings (SSSR count). The van der Waals surface area contributed by atoms with E-state index in [2.05, 4.69) is 5.10 Å². The Balaban J connectivity index is 2.15. The highest BCUT2D eigenvalue weighted by Crippen LogP contribution is 2.34. The van der Waals surface area contributed by atoms with E-state index in [-0.39, 0.29) is 17.1 Å². The van der Waals surface area contributed by atoms with Gasteiger partial charge in [-0.05, 0) is 50.6 Å². The van der Waals surface area contributed by atoms with Crippen LogP contribution in [0.3, 0.4) is 0 Å². The lowest BCUT2D eigenvalue weighted by Crippen LogP contribution is -2.14. The monoisotopic (exact) mass is 395 g/mol. The molecule has 8 heteroatoms. The van der Waals surface area contributed by atoms with Crippen LogP contribution in [-0.2, 0) is 0 Å². The summed E-state index contributed by atoms with van der Waals surface area (Å²) in [7, 11) is 0. The maximum Gasteiger partial charge on any atom is 0.254 e. The van der Waals surface area contributed by atoms with Crippen molar-refractivity contribution in [1.82, 2.24) is 9.78 Å². The number of hydrogen-bond acceptors (Lipinski definition) is 6. The average molecular weight is 395 g/mol. The van der Waals surface area contributed by atoms with Crippen molar-refractivity contribution in [2.24, 2.45) is 11.5 Å². The van der Waals surface area contributed by atoms with Gasteiger partial charge in [0.25, 0.3) is 5.91 Å². The molecule has 0 bridgehead atoms. The number of aromatic hydroxyl groups is 1. The van der Waals surface area contributed by atoms with Crippen LogP contribution in [0.5, 0.6) is 11.5 Å². The lowest BCUT2D eigenvalue weighted by atomic mass is 10.1. The Bertz CT molecular complexity index is 1060. The molecule has 0 aliphatic carbocycles. The Morgan fingerprint density at radius 3 is 2.69 bits per heavy atom. The van der Waals surface area contributed by atoms with Crippen LogP contribution in [0.2, 0.25) is 0 Å². The zero-order valence-electron chi connectivity index (χ0n) is 16.5. The fourth-order valence-electron chi connectivity index (χ4n) is 3.20. The average Bonchev–Trinajstić information content (AvgIpc) is 3.03. The molecule has 7 N–H and O–H groups in total. The topological polar surface area (TPSA) is 142 Å². The molecule has 1 amide bonds. The molecule has 0 fully saturated rings. The van der Waals surface area contributed by atoms with Gasteiger partial charge in [0.2, 0.25) is 0 Å². The SMILES string of the molecule is Cc1ccc(O)c(C)c1-n1nc(-c2cccc(OCCCN)c2)c(C(N)=O)c1N. The van der Waals surface area contributed by atoms with Crippen LogP contribution in [0.4, 0.5) is 5.82 Å². The molecule has 0 aliphatic rings. The zero-order valence-corrected chi connectivity index (χ0v) is 16.5. The van der Waals surface area contributed by atoms with E-state index < -0.39 is 5.91 Å². The van der Waals surface area contributed by atoms with Crippen molar-refractivity contribution in [3.63, 3.8) is 0 Å². The third-order valence-electron chi connectivity index (χ3n) is 4.71. The van der Waals surface area contributed by atoms with E-state index in [0.717, 1.165) is 12.0 Å². The van der Waals surface area contributed by atoms with Gasteiger partial charge in [-0.1, -0.05) is 18.2 Å². The summed E-state index contributed by atoms with van der Waals surface area (Å²) in [5.74, 6) is 0.162. The Morgan fingerprint density at radius 1 is 1.24 bits per heavy atom. The molecular weight excluding hydrogens is 370 g/mol. The molecule has 29 heavy (non-hydrogen) atoms. The summed E-state index contributed by atoms with van der Waals surface area (Å²) in [6.45, 7) is 4.66. The van der Waals surface area contributed by atoms with Gasteiger partial charge in [0.1, 0.15) is 28.6 Å². The van der Waals surface area contributed by atoms with Gasteiger partial charge < -0.3 is 27.0 Å². The largest absolute Gasteiger partial charge is 0.508 e. The number of hydrogen-bond donors (Lipinski definition) is 4. The molecule has 0 radical (unpaired) electrons. The van der Waals surface area contributed by atoms with Crippen molar-refractivity contribution in [2.75, 3.05) is 18.9 Å². The highest BCUT2D eigenvalue weighted by atomic mass is 16.5. The van der Waals surface area contributed by atoms with Crippen molar-refractivity contribution < 1.29 is 14.6 Å². The summed E-state index contributed by atoms with van der Waals surface area (Å²) in [4.78, 5) is 12.2. The molecule has 8 nitrogen and oxygen atoms in total. The first-order chi connectivity index (χ1) is 13.8. The highest BCUT2D eigenvalue weighted by Gasteiger charge is 2.24. The fraction of sp³-hybridized carbons (Fsp3) is 0.238. The molecule has 0 aliphatic heterocycles. The smallest absolute Gasteiger partial charge is 0.254 e. The van der Waals surface area contributed by atoms with E-state index in [4.69, 9.17) is 21.9 Å². The number of nitrogen functional groups attached to an aromatic ring is 1. The van der Waals surface area contributed by atoms with E-state index in [0.29, 0.717) is 41.4 Å². The number of anilines is 1. The number of amides is 1. The van der Waals surface area contributed by atoms with Gasteiger partial charge in [-0.3, -0.25) is 4.79 Å². The van der Waals surface area contributed by atoms with E-state index >= 15 is 0 Å². The molecule has 0 saturated heterocycles. The Kier molecular flexibility index (Phi) is 5.74. The first kappa shape index (κ1) is 20.2. The molecule has 0 saturated carbocycles. The minimum absolute atomic E-state index is 0.109. The fourth-order valence-corrected chi connectivity index (χ4v) is 3.20. The van der Waals surface area contributed by atoms with E-state index in [1.165, 1.54) is 4.68 Å². The number of benzene rings is 2. The molecule has 2 aromatic carbocycles. The quantitative estimate of drug-likeness (QED) is 0.452. The van der Waals surface area contributed by atoms with Crippen LogP contribution in [0.15, 0.2) is 36.4 Å².